The second-order valence-corrected chi connectivity index (χ2v) is 7.70. The topological polar surface area (TPSA) is 59.9 Å². The van der Waals surface area contributed by atoms with Crippen molar-refractivity contribution in [2.45, 2.75) is 13.0 Å². The highest BCUT2D eigenvalue weighted by Crippen LogP contribution is 2.36. The van der Waals surface area contributed by atoms with E-state index < -0.39 is 0 Å². The molecule has 1 N–H and O–H groups in total. The van der Waals surface area contributed by atoms with Crippen LogP contribution in [0.5, 0.6) is 11.5 Å². The van der Waals surface area contributed by atoms with Gasteiger partial charge in [-0.25, -0.2) is 5.43 Å². The average Bonchev–Trinajstić information content (AvgIpc) is 2.74. The van der Waals surface area contributed by atoms with Crippen molar-refractivity contribution in [2.24, 2.45) is 5.10 Å². The highest BCUT2D eigenvalue weighted by atomic mass is 79.9. The number of methoxy groups -OCH3 is 1. The first-order chi connectivity index (χ1) is 14.5. The van der Waals surface area contributed by atoms with Gasteiger partial charge in [0.05, 0.1) is 24.2 Å². The van der Waals surface area contributed by atoms with E-state index in [1.807, 2.05) is 60.7 Å². The fourth-order valence-electron chi connectivity index (χ4n) is 2.69. The number of nitrogens with one attached hydrogen (secondary N) is 1. The van der Waals surface area contributed by atoms with Crippen LogP contribution < -0.4 is 14.9 Å². The molecule has 0 spiro atoms. The zero-order chi connectivity index (χ0) is 21.3. The molecule has 0 aromatic heterocycles. The number of hydrogen-bond donors (Lipinski definition) is 1. The molecule has 5 nitrogen and oxygen atoms in total. The van der Waals surface area contributed by atoms with Crippen LogP contribution in [-0.2, 0) is 17.8 Å². The Morgan fingerprint density at radius 3 is 2.53 bits per heavy atom. The lowest BCUT2D eigenvalue weighted by Gasteiger charge is -2.13. The number of halogens is 2. The fraction of sp³-hybridized carbons (Fsp3) is 0.130. The zero-order valence-corrected chi connectivity index (χ0v) is 18.6. The lowest BCUT2D eigenvalue weighted by Crippen LogP contribution is -2.19. The first-order valence-corrected chi connectivity index (χ1v) is 10.3. The molecule has 0 aliphatic carbocycles. The molecule has 30 heavy (non-hydrogen) atoms. The first kappa shape index (κ1) is 21.9. The minimum absolute atomic E-state index is 0.189. The predicted molar refractivity (Wildman–Crippen MR) is 122 cm³/mol. The summed E-state index contributed by atoms with van der Waals surface area (Å²) >= 11 is 9.43. The van der Waals surface area contributed by atoms with Gasteiger partial charge in [-0.05, 0) is 56.9 Å². The van der Waals surface area contributed by atoms with Gasteiger partial charge in [0.25, 0.3) is 0 Å². The van der Waals surface area contributed by atoms with Crippen LogP contribution in [0, 0.1) is 0 Å². The van der Waals surface area contributed by atoms with E-state index in [9.17, 15) is 4.79 Å². The second kappa shape index (κ2) is 10.8. The van der Waals surface area contributed by atoms with Gasteiger partial charge in [0, 0.05) is 5.02 Å². The maximum Gasteiger partial charge on any atom is 0.244 e. The number of ether oxygens (including phenoxy) is 2. The van der Waals surface area contributed by atoms with E-state index in [4.69, 9.17) is 21.1 Å². The van der Waals surface area contributed by atoms with Crippen molar-refractivity contribution >= 4 is 39.7 Å². The number of hydrogen-bond acceptors (Lipinski definition) is 4. The summed E-state index contributed by atoms with van der Waals surface area (Å²) in [5.74, 6) is 0.944. The number of amides is 1. The van der Waals surface area contributed by atoms with Crippen LogP contribution in [0.2, 0.25) is 5.02 Å². The molecule has 7 heteroatoms. The van der Waals surface area contributed by atoms with Crippen LogP contribution in [-0.4, -0.2) is 19.2 Å². The molecular formula is C23H20BrClN2O3. The Labute approximate surface area is 188 Å². The number of hydrazone groups is 1. The molecule has 3 aromatic rings. The third-order valence-corrected chi connectivity index (χ3v) is 5.00. The van der Waals surface area contributed by atoms with Crippen LogP contribution in [0.15, 0.2) is 76.3 Å². The standard InChI is InChI=1S/C23H20BrClN2O3/c1-29-21-12-18(14-26-27-22(28)13-16-5-3-2-4-6-16)11-20(24)23(21)30-15-17-7-9-19(25)10-8-17/h2-12,14H,13,15H2,1H3,(H,27,28)/b26-14+. The Morgan fingerprint density at radius 2 is 1.83 bits per heavy atom. The smallest absolute Gasteiger partial charge is 0.244 e. The van der Waals surface area contributed by atoms with Gasteiger partial charge in [-0.2, -0.15) is 5.10 Å². The highest BCUT2D eigenvalue weighted by Gasteiger charge is 2.12. The van der Waals surface area contributed by atoms with Crippen molar-refractivity contribution in [3.05, 3.63) is 92.9 Å². The minimum atomic E-state index is -0.189. The molecule has 0 saturated heterocycles. The molecular weight excluding hydrogens is 468 g/mol. The Hall–Kier alpha value is -2.83. The third-order valence-electron chi connectivity index (χ3n) is 4.16. The summed E-state index contributed by atoms with van der Waals surface area (Å²) < 4.78 is 12.1. The summed E-state index contributed by atoms with van der Waals surface area (Å²) in [5.41, 5.74) is 5.20. The molecule has 3 aromatic carbocycles. The van der Waals surface area contributed by atoms with E-state index in [2.05, 4.69) is 26.5 Å². The molecule has 1 amide bonds. The van der Waals surface area contributed by atoms with Gasteiger partial charge in [0.15, 0.2) is 11.5 Å². The maximum atomic E-state index is 12.0. The Kier molecular flexibility index (Phi) is 7.88. The van der Waals surface area contributed by atoms with Crippen molar-refractivity contribution < 1.29 is 14.3 Å². The van der Waals surface area contributed by atoms with Gasteiger partial charge in [0.2, 0.25) is 5.91 Å². The largest absolute Gasteiger partial charge is 0.493 e. The van der Waals surface area contributed by atoms with Crippen molar-refractivity contribution in [1.29, 1.82) is 0 Å². The zero-order valence-electron chi connectivity index (χ0n) is 16.3. The fourth-order valence-corrected chi connectivity index (χ4v) is 3.39. The van der Waals surface area contributed by atoms with Crippen molar-refractivity contribution in [1.82, 2.24) is 5.43 Å². The molecule has 0 fully saturated rings. The molecule has 0 heterocycles. The van der Waals surface area contributed by atoms with Crippen LogP contribution in [0.1, 0.15) is 16.7 Å². The molecule has 0 atom stereocenters. The summed E-state index contributed by atoms with van der Waals surface area (Å²) in [5, 5.41) is 4.71. The van der Waals surface area contributed by atoms with E-state index in [1.54, 1.807) is 19.4 Å². The Bertz CT molecular complexity index is 1020. The summed E-state index contributed by atoms with van der Waals surface area (Å²) in [6.07, 6.45) is 1.82. The molecule has 0 radical (unpaired) electrons. The molecule has 3 rings (SSSR count). The average molecular weight is 488 g/mol. The number of carbonyl (C=O) groups excluding carboxylic acids is 1. The van der Waals surface area contributed by atoms with Gasteiger partial charge in [-0.15, -0.1) is 0 Å². The highest BCUT2D eigenvalue weighted by molar-refractivity contribution is 9.10. The van der Waals surface area contributed by atoms with Crippen LogP contribution in [0.4, 0.5) is 0 Å². The second-order valence-electron chi connectivity index (χ2n) is 6.40. The van der Waals surface area contributed by atoms with Gasteiger partial charge < -0.3 is 9.47 Å². The molecule has 154 valence electrons. The lowest BCUT2D eigenvalue weighted by molar-refractivity contribution is -0.120. The molecule has 0 unspecified atom stereocenters. The van der Waals surface area contributed by atoms with Gasteiger partial charge in [0.1, 0.15) is 6.61 Å². The maximum absolute atomic E-state index is 12.0. The Balaban J connectivity index is 1.63. The summed E-state index contributed by atoms with van der Waals surface area (Å²) in [4.78, 5) is 12.0. The third kappa shape index (κ3) is 6.34. The summed E-state index contributed by atoms with van der Waals surface area (Å²) in [6, 6.07) is 20.6. The monoisotopic (exact) mass is 486 g/mol. The van der Waals surface area contributed by atoms with Crippen molar-refractivity contribution in [2.75, 3.05) is 7.11 Å². The van der Waals surface area contributed by atoms with Crippen molar-refractivity contribution in [3.8, 4) is 11.5 Å². The minimum Gasteiger partial charge on any atom is -0.493 e. The predicted octanol–water partition coefficient (Wildman–Crippen LogP) is 5.38. The SMILES string of the molecule is COc1cc(/C=N/NC(=O)Cc2ccccc2)cc(Br)c1OCc1ccc(Cl)cc1. The number of nitrogens with zero attached hydrogens (tertiary/aromatic N) is 1. The summed E-state index contributed by atoms with van der Waals surface area (Å²) in [7, 11) is 1.57. The van der Waals surface area contributed by atoms with E-state index in [1.165, 1.54) is 0 Å². The van der Waals surface area contributed by atoms with Crippen LogP contribution >= 0.6 is 27.5 Å². The molecule has 0 aliphatic heterocycles. The van der Waals surface area contributed by atoms with Crippen LogP contribution in [0.3, 0.4) is 0 Å². The molecule has 0 saturated carbocycles. The molecule has 0 aliphatic rings. The Morgan fingerprint density at radius 1 is 1.10 bits per heavy atom. The number of rotatable bonds is 8. The van der Waals surface area contributed by atoms with E-state index in [0.717, 1.165) is 16.7 Å². The van der Waals surface area contributed by atoms with Crippen LogP contribution in [0.25, 0.3) is 0 Å². The van der Waals surface area contributed by atoms with Gasteiger partial charge in [-0.3, -0.25) is 4.79 Å². The van der Waals surface area contributed by atoms with Crippen molar-refractivity contribution in [3.63, 3.8) is 0 Å². The van der Waals surface area contributed by atoms with E-state index in [-0.39, 0.29) is 12.3 Å². The first-order valence-electron chi connectivity index (χ1n) is 9.16. The normalized spacial score (nSPS) is 10.8. The number of carbonyl (C=O) groups is 1. The van der Waals surface area contributed by atoms with Gasteiger partial charge in [-0.1, -0.05) is 54.1 Å². The molecule has 0 bridgehead atoms. The number of benzene rings is 3. The van der Waals surface area contributed by atoms with E-state index in [0.29, 0.717) is 27.6 Å². The van der Waals surface area contributed by atoms with Gasteiger partial charge >= 0.3 is 0 Å². The lowest BCUT2D eigenvalue weighted by atomic mass is 10.1. The quantitative estimate of drug-likeness (QED) is 0.343. The van der Waals surface area contributed by atoms with E-state index >= 15 is 0 Å². The summed E-state index contributed by atoms with van der Waals surface area (Å²) in [6.45, 7) is 0.370.